The number of ether oxygens (including phenoxy) is 2. The van der Waals surface area contributed by atoms with Gasteiger partial charge in [-0.1, -0.05) is 24.3 Å². The Bertz CT molecular complexity index is 532. The Morgan fingerprint density at radius 2 is 1.38 bits per heavy atom. The van der Waals surface area contributed by atoms with E-state index in [0.717, 1.165) is 23.5 Å². The highest BCUT2D eigenvalue weighted by Gasteiger charge is 2.01. The second-order valence-electron chi connectivity index (χ2n) is 5.11. The quantitative estimate of drug-likeness (QED) is 0.520. The van der Waals surface area contributed by atoms with E-state index in [1.165, 1.54) is 5.56 Å². The van der Waals surface area contributed by atoms with Crippen LogP contribution in [0.3, 0.4) is 0 Å². The third-order valence-electron chi connectivity index (χ3n) is 2.96. The Hall–Kier alpha value is -1.67. The van der Waals surface area contributed by atoms with Crippen LogP contribution in [0.15, 0.2) is 48.5 Å². The van der Waals surface area contributed by atoms with Gasteiger partial charge in [0, 0.05) is 5.88 Å². The van der Waals surface area contributed by atoms with E-state index in [4.69, 9.17) is 21.1 Å². The van der Waals surface area contributed by atoms with Crippen LogP contribution in [0.2, 0.25) is 0 Å². The molecule has 0 N–H and O–H groups in total. The van der Waals surface area contributed by atoms with Crippen LogP contribution < -0.4 is 9.47 Å². The monoisotopic (exact) mass is 304 g/mol. The lowest BCUT2D eigenvalue weighted by molar-refractivity contribution is 0.242. The van der Waals surface area contributed by atoms with Gasteiger partial charge in [-0.2, -0.15) is 0 Å². The molecule has 0 atom stereocenters. The molecule has 0 aliphatic heterocycles. The van der Waals surface area contributed by atoms with Gasteiger partial charge in [0.05, 0.1) is 12.7 Å². The maximum Gasteiger partial charge on any atom is 0.119 e. The summed E-state index contributed by atoms with van der Waals surface area (Å²) >= 11 is 5.63. The van der Waals surface area contributed by atoms with Gasteiger partial charge >= 0.3 is 0 Å². The molecule has 3 heteroatoms. The van der Waals surface area contributed by atoms with Gasteiger partial charge in [-0.3, -0.25) is 0 Å². The molecule has 0 aromatic heterocycles. The molecule has 2 aromatic rings. The Kier molecular flexibility index (Phi) is 5.94. The zero-order valence-electron chi connectivity index (χ0n) is 12.5. The topological polar surface area (TPSA) is 18.5 Å². The van der Waals surface area contributed by atoms with Crippen LogP contribution in [0.1, 0.15) is 20.3 Å². The zero-order chi connectivity index (χ0) is 15.1. The van der Waals surface area contributed by atoms with Crippen molar-refractivity contribution in [3.63, 3.8) is 0 Å². The molecule has 2 aromatic carbocycles. The summed E-state index contributed by atoms with van der Waals surface area (Å²) in [6, 6.07) is 16.2. The van der Waals surface area contributed by atoms with Crippen LogP contribution >= 0.6 is 11.6 Å². The van der Waals surface area contributed by atoms with E-state index in [9.17, 15) is 0 Å². The summed E-state index contributed by atoms with van der Waals surface area (Å²) in [6.45, 7) is 4.71. The molecule has 0 heterocycles. The van der Waals surface area contributed by atoms with Gasteiger partial charge in [-0.15, -0.1) is 11.6 Å². The minimum atomic E-state index is 0.195. The van der Waals surface area contributed by atoms with Gasteiger partial charge < -0.3 is 9.47 Å². The first-order chi connectivity index (χ1) is 10.2. The van der Waals surface area contributed by atoms with Gasteiger partial charge in [-0.05, 0) is 55.7 Å². The number of hydrogen-bond acceptors (Lipinski definition) is 2. The molecule has 112 valence electrons. The fraction of sp³-hybridized carbons (Fsp3) is 0.333. The van der Waals surface area contributed by atoms with Crippen molar-refractivity contribution in [3.8, 4) is 22.6 Å². The molecule has 0 aliphatic rings. The Morgan fingerprint density at radius 3 is 1.86 bits per heavy atom. The van der Waals surface area contributed by atoms with Crippen molar-refractivity contribution in [2.24, 2.45) is 0 Å². The summed E-state index contributed by atoms with van der Waals surface area (Å²) < 4.78 is 11.2. The number of hydrogen-bond donors (Lipinski definition) is 0. The number of benzene rings is 2. The molecule has 0 saturated carbocycles. The maximum atomic E-state index is 5.65. The minimum Gasteiger partial charge on any atom is -0.494 e. The molecule has 0 spiro atoms. The van der Waals surface area contributed by atoms with E-state index in [-0.39, 0.29) is 6.10 Å². The van der Waals surface area contributed by atoms with Crippen molar-refractivity contribution < 1.29 is 9.47 Å². The van der Waals surface area contributed by atoms with Crippen molar-refractivity contribution in [2.75, 3.05) is 12.5 Å². The average molecular weight is 305 g/mol. The number of alkyl halides is 1. The predicted octanol–water partition coefficient (Wildman–Crippen LogP) is 5.15. The highest BCUT2D eigenvalue weighted by atomic mass is 35.5. The number of halogens is 1. The fourth-order valence-electron chi connectivity index (χ4n) is 1.99. The molecular formula is C18H21ClO2. The van der Waals surface area contributed by atoms with Crippen molar-refractivity contribution >= 4 is 11.6 Å². The van der Waals surface area contributed by atoms with Crippen LogP contribution in [0, 0.1) is 0 Å². The van der Waals surface area contributed by atoms with Crippen LogP contribution in [-0.2, 0) is 0 Å². The van der Waals surface area contributed by atoms with Crippen LogP contribution in [0.25, 0.3) is 11.1 Å². The fourth-order valence-corrected chi connectivity index (χ4v) is 2.10. The first-order valence-electron chi connectivity index (χ1n) is 7.25. The lowest BCUT2D eigenvalue weighted by Gasteiger charge is -2.10. The summed E-state index contributed by atoms with van der Waals surface area (Å²) in [5, 5.41) is 0. The summed E-state index contributed by atoms with van der Waals surface area (Å²) in [7, 11) is 0. The van der Waals surface area contributed by atoms with Crippen LogP contribution in [-0.4, -0.2) is 18.6 Å². The SMILES string of the molecule is CC(C)Oc1ccc(-c2ccc(OCCCCl)cc2)cc1. The van der Waals surface area contributed by atoms with Crippen molar-refractivity contribution in [1.82, 2.24) is 0 Å². The van der Waals surface area contributed by atoms with Gasteiger partial charge in [-0.25, -0.2) is 0 Å². The van der Waals surface area contributed by atoms with Crippen molar-refractivity contribution in [3.05, 3.63) is 48.5 Å². The molecule has 0 unspecified atom stereocenters. The second-order valence-corrected chi connectivity index (χ2v) is 5.48. The Labute approximate surface area is 131 Å². The van der Waals surface area contributed by atoms with E-state index in [1.54, 1.807) is 0 Å². The second kappa shape index (κ2) is 7.94. The summed E-state index contributed by atoms with van der Waals surface area (Å²) in [5.74, 6) is 2.40. The van der Waals surface area contributed by atoms with E-state index in [1.807, 2.05) is 38.1 Å². The molecule has 0 fully saturated rings. The Balaban J connectivity index is 2.01. The molecule has 0 saturated heterocycles. The first kappa shape index (κ1) is 15.7. The van der Waals surface area contributed by atoms with Gasteiger partial charge in [0.2, 0.25) is 0 Å². The largest absolute Gasteiger partial charge is 0.494 e. The van der Waals surface area contributed by atoms with E-state index in [2.05, 4.69) is 24.3 Å². The van der Waals surface area contributed by atoms with Crippen LogP contribution in [0.4, 0.5) is 0 Å². The minimum absolute atomic E-state index is 0.195. The maximum absolute atomic E-state index is 5.65. The molecule has 0 bridgehead atoms. The predicted molar refractivity (Wildman–Crippen MR) is 88.5 cm³/mol. The zero-order valence-corrected chi connectivity index (χ0v) is 13.3. The molecule has 0 aliphatic carbocycles. The normalized spacial score (nSPS) is 10.7. The molecule has 0 amide bonds. The average Bonchev–Trinajstić information content (AvgIpc) is 2.49. The van der Waals surface area contributed by atoms with Gasteiger partial charge in [0.15, 0.2) is 0 Å². The highest BCUT2D eigenvalue weighted by molar-refractivity contribution is 6.17. The number of rotatable bonds is 7. The standard InChI is InChI=1S/C18H21ClO2/c1-14(2)21-18-10-6-16(7-11-18)15-4-8-17(9-5-15)20-13-3-12-19/h4-11,14H,3,12-13H2,1-2H3. The first-order valence-corrected chi connectivity index (χ1v) is 7.78. The van der Waals surface area contributed by atoms with E-state index >= 15 is 0 Å². The van der Waals surface area contributed by atoms with E-state index < -0.39 is 0 Å². The van der Waals surface area contributed by atoms with Crippen molar-refractivity contribution in [2.45, 2.75) is 26.4 Å². The van der Waals surface area contributed by atoms with Crippen molar-refractivity contribution in [1.29, 1.82) is 0 Å². The van der Waals surface area contributed by atoms with E-state index in [0.29, 0.717) is 12.5 Å². The van der Waals surface area contributed by atoms with Gasteiger partial charge in [0.25, 0.3) is 0 Å². The molecule has 2 nitrogen and oxygen atoms in total. The smallest absolute Gasteiger partial charge is 0.119 e. The third kappa shape index (κ3) is 4.98. The summed E-state index contributed by atoms with van der Waals surface area (Å²) in [5.41, 5.74) is 2.33. The Morgan fingerprint density at radius 1 is 0.857 bits per heavy atom. The molecule has 2 rings (SSSR count). The molecule has 21 heavy (non-hydrogen) atoms. The lowest BCUT2D eigenvalue weighted by Crippen LogP contribution is -2.05. The highest BCUT2D eigenvalue weighted by Crippen LogP contribution is 2.25. The molecule has 0 radical (unpaired) electrons. The third-order valence-corrected chi connectivity index (χ3v) is 3.23. The van der Waals surface area contributed by atoms with Crippen LogP contribution in [0.5, 0.6) is 11.5 Å². The summed E-state index contributed by atoms with van der Waals surface area (Å²) in [6.07, 6.45) is 1.06. The molecular weight excluding hydrogens is 284 g/mol. The lowest BCUT2D eigenvalue weighted by atomic mass is 10.1. The summed E-state index contributed by atoms with van der Waals surface area (Å²) in [4.78, 5) is 0. The van der Waals surface area contributed by atoms with Gasteiger partial charge in [0.1, 0.15) is 11.5 Å².